The summed E-state index contributed by atoms with van der Waals surface area (Å²) in [6, 6.07) is 15.2. The van der Waals surface area contributed by atoms with Crippen LogP contribution in [0.4, 0.5) is 0 Å². The second kappa shape index (κ2) is 10.4. The minimum Gasteiger partial charge on any atom is -0.497 e. The van der Waals surface area contributed by atoms with Gasteiger partial charge in [0, 0.05) is 48.4 Å². The van der Waals surface area contributed by atoms with Crippen molar-refractivity contribution in [3.05, 3.63) is 65.9 Å². The number of Topliss-reactive ketones (excluding diaryl/α,β-unsaturated/α-hetero) is 1. The number of fused-ring (bicyclic) bond motifs is 1. The van der Waals surface area contributed by atoms with Crippen LogP contribution in [0.1, 0.15) is 35.7 Å². The summed E-state index contributed by atoms with van der Waals surface area (Å²) in [5.41, 5.74) is 2.59. The molecule has 6 heteroatoms. The van der Waals surface area contributed by atoms with Crippen LogP contribution in [0, 0.1) is 0 Å². The number of benzene rings is 2. The van der Waals surface area contributed by atoms with Crippen LogP contribution >= 0.6 is 0 Å². The molecular formula is C24H27N3O3. The van der Waals surface area contributed by atoms with Gasteiger partial charge in [-0.2, -0.15) is 0 Å². The Morgan fingerprint density at radius 3 is 2.83 bits per heavy atom. The molecule has 1 heterocycles. The third-order valence-electron chi connectivity index (χ3n) is 4.84. The summed E-state index contributed by atoms with van der Waals surface area (Å²) in [7, 11) is 1.62. The molecule has 0 bridgehead atoms. The quantitative estimate of drug-likeness (QED) is 0.411. The van der Waals surface area contributed by atoms with Crippen molar-refractivity contribution in [2.75, 3.05) is 20.2 Å². The van der Waals surface area contributed by atoms with E-state index in [2.05, 4.69) is 14.9 Å². The zero-order chi connectivity index (χ0) is 21.3. The van der Waals surface area contributed by atoms with E-state index in [0.29, 0.717) is 18.5 Å². The topological polar surface area (TPSA) is 72.7 Å². The smallest absolute Gasteiger partial charge is 0.220 e. The Balaban J connectivity index is 1.60. The molecule has 1 amide bonds. The Kier molecular flexibility index (Phi) is 7.38. The molecule has 0 aliphatic carbocycles. The van der Waals surface area contributed by atoms with Crippen LogP contribution in [0.5, 0.6) is 5.75 Å². The number of ketones is 1. The van der Waals surface area contributed by atoms with Gasteiger partial charge in [0.15, 0.2) is 5.78 Å². The van der Waals surface area contributed by atoms with Gasteiger partial charge in [-0.3, -0.25) is 14.6 Å². The summed E-state index contributed by atoms with van der Waals surface area (Å²) >= 11 is 0. The summed E-state index contributed by atoms with van der Waals surface area (Å²) in [4.78, 5) is 28.4. The highest BCUT2D eigenvalue weighted by Crippen LogP contribution is 2.19. The van der Waals surface area contributed by atoms with Gasteiger partial charge in [0.2, 0.25) is 5.91 Å². The van der Waals surface area contributed by atoms with Crippen molar-refractivity contribution < 1.29 is 14.3 Å². The lowest BCUT2D eigenvalue weighted by Gasteiger charge is -2.06. The number of carbonyl (C=O) groups is 2. The number of methoxy groups -OCH3 is 1. The van der Waals surface area contributed by atoms with Gasteiger partial charge in [-0.05, 0) is 55.3 Å². The molecule has 0 aliphatic rings. The molecule has 156 valence electrons. The molecule has 1 aromatic heterocycles. The second-order valence-electron chi connectivity index (χ2n) is 7.01. The molecule has 0 unspecified atom stereocenters. The van der Waals surface area contributed by atoms with Crippen molar-refractivity contribution in [3.8, 4) is 5.75 Å². The maximum atomic E-state index is 12.5. The highest BCUT2D eigenvalue weighted by atomic mass is 16.5. The van der Waals surface area contributed by atoms with Gasteiger partial charge in [-0.1, -0.05) is 12.1 Å². The van der Waals surface area contributed by atoms with E-state index in [1.165, 1.54) is 0 Å². The molecule has 0 aliphatic heterocycles. The van der Waals surface area contributed by atoms with Crippen molar-refractivity contribution in [2.45, 2.75) is 26.3 Å². The molecule has 3 aromatic rings. The molecule has 0 saturated heterocycles. The summed E-state index contributed by atoms with van der Waals surface area (Å²) in [5.74, 6) is 0.808. The Morgan fingerprint density at radius 2 is 2.03 bits per heavy atom. The molecular weight excluding hydrogens is 378 g/mol. The monoisotopic (exact) mass is 405 g/mol. The molecule has 2 aromatic carbocycles. The average molecular weight is 405 g/mol. The number of aliphatic imine (C=N–C) groups is 1. The zero-order valence-electron chi connectivity index (χ0n) is 17.4. The van der Waals surface area contributed by atoms with Gasteiger partial charge in [0.1, 0.15) is 12.3 Å². The number of amides is 1. The Labute approximate surface area is 176 Å². The molecule has 6 nitrogen and oxygen atoms in total. The normalized spacial score (nSPS) is 11.1. The largest absolute Gasteiger partial charge is 0.497 e. The highest BCUT2D eigenvalue weighted by molar-refractivity contribution is 6.01. The van der Waals surface area contributed by atoms with Crippen molar-refractivity contribution >= 4 is 28.8 Å². The standard InChI is InChI=1S/C24H27N3O3/c1-3-26-24(29)8-5-12-27-13-11-19-15-20(9-10-22(19)27)23(28)17-25-16-18-6-4-7-21(14-18)30-2/h4,6-7,9-11,13-16H,3,5,8,12,17H2,1-2H3,(H,26,29). The van der Waals surface area contributed by atoms with Gasteiger partial charge in [0.05, 0.1) is 7.11 Å². The number of nitrogens with one attached hydrogen (secondary N) is 1. The molecule has 0 saturated carbocycles. The average Bonchev–Trinajstić information content (AvgIpc) is 3.16. The van der Waals surface area contributed by atoms with E-state index in [0.717, 1.165) is 35.2 Å². The molecule has 0 fully saturated rings. The van der Waals surface area contributed by atoms with E-state index in [4.69, 9.17) is 4.74 Å². The van der Waals surface area contributed by atoms with Gasteiger partial charge in [-0.25, -0.2) is 0 Å². The van der Waals surface area contributed by atoms with Crippen LogP contribution in [0.3, 0.4) is 0 Å². The van der Waals surface area contributed by atoms with Gasteiger partial charge in [-0.15, -0.1) is 0 Å². The first kappa shape index (κ1) is 21.3. The van der Waals surface area contributed by atoms with Crippen LogP contribution in [0.2, 0.25) is 0 Å². The molecule has 0 spiro atoms. The number of hydrogen-bond donors (Lipinski definition) is 1. The van der Waals surface area contributed by atoms with Crippen LogP contribution in [-0.4, -0.2) is 42.7 Å². The molecule has 1 N–H and O–H groups in total. The van der Waals surface area contributed by atoms with Gasteiger partial charge < -0.3 is 14.6 Å². The van der Waals surface area contributed by atoms with E-state index >= 15 is 0 Å². The maximum Gasteiger partial charge on any atom is 0.220 e. The van der Waals surface area contributed by atoms with Crippen molar-refractivity contribution in [1.82, 2.24) is 9.88 Å². The minimum absolute atomic E-state index is 0.0277. The second-order valence-corrected chi connectivity index (χ2v) is 7.01. The Morgan fingerprint density at radius 1 is 1.17 bits per heavy atom. The number of nitrogens with zero attached hydrogens (tertiary/aromatic N) is 2. The van der Waals surface area contributed by atoms with E-state index in [-0.39, 0.29) is 18.2 Å². The summed E-state index contributed by atoms with van der Waals surface area (Å²) in [5, 5.41) is 3.82. The van der Waals surface area contributed by atoms with Crippen LogP contribution in [-0.2, 0) is 11.3 Å². The predicted molar refractivity (Wildman–Crippen MR) is 120 cm³/mol. The van der Waals surface area contributed by atoms with E-state index < -0.39 is 0 Å². The Hall–Kier alpha value is -3.41. The number of aromatic nitrogens is 1. The first-order valence-corrected chi connectivity index (χ1v) is 10.1. The minimum atomic E-state index is -0.0277. The lowest BCUT2D eigenvalue weighted by molar-refractivity contribution is -0.121. The van der Waals surface area contributed by atoms with Crippen molar-refractivity contribution in [1.29, 1.82) is 0 Å². The molecule has 3 rings (SSSR count). The highest BCUT2D eigenvalue weighted by Gasteiger charge is 2.08. The SMILES string of the molecule is CCNC(=O)CCCn1ccc2cc(C(=O)CN=Cc3cccc(OC)c3)ccc21. The van der Waals surface area contributed by atoms with Crippen LogP contribution in [0.25, 0.3) is 10.9 Å². The van der Waals surface area contributed by atoms with E-state index in [9.17, 15) is 9.59 Å². The van der Waals surface area contributed by atoms with E-state index in [1.54, 1.807) is 13.3 Å². The molecule has 0 radical (unpaired) electrons. The number of ether oxygens (including phenoxy) is 1. The Bertz CT molecular complexity index is 1050. The fourth-order valence-electron chi connectivity index (χ4n) is 3.31. The predicted octanol–water partition coefficient (Wildman–Crippen LogP) is 3.87. The fraction of sp³-hybridized carbons (Fsp3) is 0.292. The summed E-state index contributed by atoms with van der Waals surface area (Å²) < 4.78 is 7.31. The van der Waals surface area contributed by atoms with Crippen molar-refractivity contribution in [2.24, 2.45) is 4.99 Å². The lowest BCUT2D eigenvalue weighted by Crippen LogP contribution is -2.22. The summed E-state index contributed by atoms with van der Waals surface area (Å²) in [6.07, 6.45) is 4.96. The number of aryl methyl sites for hydroxylation is 1. The fourth-order valence-corrected chi connectivity index (χ4v) is 3.31. The van der Waals surface area contributed by atoms with Crippen LogP contribution < -0.4 is 10.1 Å². The maximum absolute atomic E-state index is 12.5. The zero-order valence-corrected chi connectivity index (χ0v) is 17.4. The molecule has 0 atom stereocenters. The molecule has 30 heavy (non-hydrogen) atoms. The first-order chi connectivity index (χ1) is 14.6. The third kappa shape index (κ3) is 5.56. The number of hydrogen-bond acceptors (Lipinski definition) is 4. The van der Waals surface area contributed by atoms with Crippen molar-refractivity contribution in [3.63, 3.8) is 0 Å². The summed E-state index contributed by atoms with van der Waals surface area (Å²) in [6.45, 7) is 3.43. The number of rotatable bonds is 10. The number of carbonyl (C=O) groups excluding carboxylic acids is 2. The van der Waals surface area contributed by atoms with E-state index in [1.807, 2.05) is 61.7 Å². The van der Waals surface area contributed by atoms with Gasteiger partial charge >= 0.3 is 0 Å². The first-order valence-electron chi connectivity index (χ1n) is 10.1. The third-order valence-corrected chi connectivity index (χ3v) is 4.84. The lowest BCUT2D eigenvalue weighted by atomic mass is 10.1. The van der Waals surface area contributed by atoms with Gasteiger partial charge in [0.25, 0.3) is 0 Å². The van der Waals surface area contributed by atoms with Crippen LogP contribution in [0.15, 0.2) is 59.7 Å².